The van der Waals surface area contributed by atoms with Crippen LogP contribution in [0.15, 0.2) is 12.3 Å². The van der Waals surface area contributed by atoms with Gasteiger partial charge in [0.05, 0.1) is 11.3 Å². The van der Waals surface area contributed by atoms with Crippen molar-refractivity contribution >= 4 is 11.6 Å². The van der Waals surface area contributed by atoms with Crippen molar-refractivity contribution in [2.45, 2.75) is 33.6 Å². The van der Waals surface area contributed by atoms with Crippen LogP contribution in [0.25, 0.3) is 0 Å². The summed E-state index contributed by atoms with van der Waals surface area (Å²) in [5.74, 6) is 0.0581. The first kappa shape index (κ1) is 14.5. The molecule has 4 nitrogen and oxygen atoms in total. The zero-order valence-corrected chi connectivity index (χ0v) is 11.8. The van der Waals surface area contributed by atoms with Crippen LogP contribution in [0.1, 0.15) is 42.7 Å². The Balaban J connectivity index is 2.93. The Bertz CT molecular complexity index is 404. The van der Waals surface area contributed by atoms with Gasteiger partial charge >= 0.3 is 0 Å². The number of nitrogens with zero attached hydrogens (tertiary/aromatic N) is 2. The van der Waals surface area contributed by atoms with Gasteiger partial charge in [-0.05, 0) is 26.3 Å². The lowest BCUT2D eigenvalue weighted by Gasteiger charge is -2.22. The van der Waals surface area contributed by atoms with Crippen molar-refractivity contribution in [3.8, 4) is 0 Å². The van der Waals surface area contributed by atoms with E-state index in [4.69, 9.17) is 0 Å². The van der Waals surface area contributed by atoms with Crippen LogP contribution < -0.4 is 5.32 Å². The molecule has 0 aliphatic rings. The smallest absolute Gasteiger partial charge is 0.257 e. The molecule has 1 aromatic heterocycles. The topological polar surface area (TPSA) is 45.2 Å². The monoisotopic (exact) mass is 249 g/mol. The van der Waals surface area contributed by atoms with Gasteiger partial charge in [-0.1, -0.05) is 13.3 Å². The summed E-state index contributed by atoms with van der Waals surface area (Å²) in [5.41, 5.74) is 2.41. The number of rotatable bonds is 6. The van der Waals surface area contributed by atoms with E-state index < -0.39 is 0 Å². The van der Waals surface area contributed by atoms with Crippen molar-refractivity contribution in [2.24, 2.45) is 0 Å². The molecule has 0 aliphatic heterocycles. The molecule has 1 N–H and O–H groups in total. The number of carbonyl (C=O) groups is 1. The molecule has 0 radical (unpaired) electrons. The highest BCUT2D eigenvalue weighted by atomic mass is 16.2. The minimum absolute atomic E-state index is 0.0581. The molecule has 18 heavy (non-hydrogen) atoms. The second kappa shape index (κ2) is 6.99. The minimum Gasteiger partial charge on any atom is -0.387 e. The molecule has 100 valence electrons. The molecular weight excluding hydrogens is 226 g/mol. The molecule has 0 atom stereocenters. The van der Waals surface area contributed by atoms with Crippen molar-refractivity contribution in [1.29, 1.82) is 0 Å². The zero-order valence-electron chi connectivity index (χ0n) is 11.8. The summed E-state index contributed by atoms with van der Waals surface area (Å²) in [6.45, 7) is 7.60. The highest BCUT2D eigenvalue weighted by Crippen LogP contribution is 2.17. The van der Waals surface area contributed by atoms with Crippen LogP contribution in [-0.2, 0) is 0 Å². The fourth-order valence-corrected chi connectivity index (χ4v) is 1.86. The van der Waals surface area contributed by atoms with Gasteiger partial charge in [-0.25, -0.2) is 0 Å². The van der Waals surface area contributed by atoms with Crippen molar-refractivity contribution in [3.63, 3.8) is 0 Å². The third-order valence-electron chi connectivity index (χ3n) is 2.99. The van der Waals surface area contributed by atoms with E-state index in [0.29, 0.717) is 5.56 Å². The van der Waals surface area contributed by atoms with E-state index in [0.717, 1.165) is 37.3 Å². The van der Waals surface area contributed by atoms with E-state index in [-0.39, 0.29) is 5.91 Å². The Kier molecular flexibility index (Phi) is 5.62. The van der Waals surface area contributed by atoms with Gasteiger partial charge in [0.2, 0.25) is 0 Å². The number of unbranched alkanes of at least 4 members (excludes halogenated alkanes) is 1. The molecule has 4 heteroatoms. The maximum absolute atomic E-state index is 12.4. The number of anilines is 1. The number of nitrogens with one attached hydrogen (secondary N) is 1. The molecule has 0 saturated carbocycles. The number of pyridine rings is 1. The van der Waals surface area contributed by atoms with Crippen LogP contribution in [-0.4, -0.2) is 35.9 Å². The Hall–Kier alpha value is -1.58. The van der Waals surface area contributed by atoms with Gasteiger partial charge < -0.3 is 10.2 Å². The van der Waals surface area contributed by atoms with Crippen LogP contribution in [0.2, 0.25) is 0 Å². The van der Waals surface area contributed by atoms with E-state index in [1.54, 1.807) is 6.20 Å². The van der Waals surface area contributed by atoms with Crippen LogP contribution in [0.3, 0.4) is 0 Å². The summed E-state index contributed by atoms with van der Waals surface area (Å²) in [5, 5.41) is 3.06. The number of hydrogen-bond donors (Lipinski definition) is 1. The minimum atomic E-state index is 0.0581. The first-order valence-corrected chi connectivity index (χ1v) is 6.57. The molecule has 1 aromatic rings. The SMILES string of the molecule is CCCCN(CC)C(=O)c1cnc(C)cc1NC. The second-order valence-electron chi connectivity index (χ2n) is 4.36. The summed E-state index contributed by atoms with van der Waals surface area (Å²) in [4.78, 5) is 18.5. The van der Waals surface area contributed by atoms with E-state index in [1.807, 2.05) is 31.9 Å². The van der Waals surface area contributed by atoms with Crippen LogP contribution in [0.5, 0.6) is 0 Å². The van der Waals surface area contributed by atoms with E-state index >= 15 is 0 Å². The molecule has 0 aliphatic carbocycles. The average molecular weight is 249 g/mol. The average Bonchev–Trinajstić information content (AvgIpc) is 2.39. The van der Waals surface area contributed by atoms with Gasteiger partial charge in [-0.2, -0.15) is 0 Å². The molecule has 1 amide bonds. The lowest BCUT2D eigenvalue weighted by atomic mass is 10.1. The predicted octanol–water partition coefficient (Wildman–Crippen LogP) is 2.69. The summed E-state index contributed by atoms with van der Waals surface area (Å²) in [6.07, 6.45) is 3.79. The van der Waals surface area contributed by atoms with Gasteiger partial charge in [0.15, 0.2) is 0 Å². The second-order valence-corrected chi connectivity index (χ2v) is 4.36. The van der Waals surface area contributed by atoms with Gasteiger partial charge in [0.25, 0.3) is 5.91 Å². The third-order valence-corrected chi connectivity index (χ3v) is 2.99. The van der Waals surface area contributed by atoms with Crippen molar-refractivity contribution in [2.75, 3.05) is 25.5 Å². The number of amides is 1. The molecule has 0 aromatic carbocycles. The Morgan fingerprint density at radius 3 is 2.72 bits per heavy atom. The number of carbonyl (C=O) groups excluding carboxylic acids is 1. The highest BCUT2D eigenvalue weighted by Gasteiger charge is 2.17. The lowest BCUT2D eigenvalue weighted by Crippen LogP contribution is -2.32. The Morgan fingerprint density at radius 2 is 2.17 bits per heavy atom. The maximum atomic E-state index is 12.4. The molecule has 1 heterocycles. The van der Waals surface area contributed by atoms with Crippen LogP contribution >= 0.6 is 0 Å². The van der Waals surface area contributed by atoms with E-state index in [2.05, 4.69) is 17.2 Å². The lowest BCUT2D eigenvalue weighted by molar-refractivity contribution is 0.0763. The van der Waals surface area contributed by atoms with Gasteiger partial charge in [0, 0.05) is 32.0 Å². The number of hydrogen-bond acceptors (Lipinski definition) is 3. The standard InChI is InChI=1S/C14H23N3O/c1-5-7-8-17(6-2)14(18)12-10-16-11(3)9-13(12)15-4/h9-10H,5-8H2,1-4H3,(H,15,16). The first-order chi connectivity index (χ1) is 8.63. The Labute approximate surface area is 109 Å². The third kappa shape index (κ3) is 3.45. The fourth-order valence-electron chi connectivity index (χ4n) is 1.86. The summed E-state index contributed by atoms with van der Waals surface area (Å²) in [6, 6.07) is 1.90. The Morgan fingerprint density at radius 1 is 1.44 bits per heavy atom. The van der Waals surface area contributed by atoms with Gasteiger partial charge in [0.1, 0.15) is 0 Å². The van der Waals surface area contributed by atoms with Gasteiger partial charge in [-0.15, -0.1) is 0 Å². The van der Waals surface area contributed by atoms with Crippen molar-refractivity contribution in [1.82, 2.24) is 9.88 Å². The molecule has 0 spiro atoms. The summed E-state index contributed by atoms with van der Waals surface area (Å²) in [7, 11) is 1.83. The molecular formula is C14H23N3O. The van der Waals surface area contributed by atoms with Crippen LogP contribution in [0, 0.1) is 6.92 Å². The highest BCUT2D eigenvalue weighted by molar-refractivity contribution is 5.99. The van der Waals surface area contributed by atoms with E-state index in [1.165, 1.54) is 0 Å². The zero-order chi connectivity index (χ0) is 13.5. The quantitative estimate of drug-likeness (QED) is 0.843. The first-order valence-electron chi connectivity index (χ1n) is 6.57. The summed E-state index contributed by atoms with van der Waals surface area (Å²) < 4.78 is 0. The molecule has 0 saturated heterocycles. The summed E-state index contributed by atoms with van der Waals surface area (Å²) >= 11 is 0. The van der Waals surface area contributed by atoms with Crippen LogP contribution in [0.4, 0.5) is 5.69 Å². The van der Waals surface area contributed by atoms with Gasteiger partial charge in [-0.3, -0.25) is 9.78 Å². The molecule has 1 rings (SSSR count). The largest absolute Gasteiger partial charge is 0.387 e. The maximum Gasteiger partial charge on any atom is 0.257 e. The molecule has 0 fully saturated rings. The number of aryl methyl sites for hydroxylation is 1. The predicted molar refractivity (Wildman–Crippen MR) is 75.0 cm³/mol. The van der Waals surface area contributed by atoms with E-state index in [9.17, 15) is 4.79 Å². The molecule has 0 bridgehead atoms. The van der Waals surface area contributed by atoms with Crippen molar-refractivity contribution < 1.29 is 4.79 Å². The number of aromatic nitrogens is 1. The molecule has 0 unspecified atom stereocenters. The van der Waals surface area contributed by atoms with Crippen molar-refractivity contribution in [3.05, 3.63) is 23.5 Å². The fraction of sp³-hybridized carbons (Fsp3) is 0.571. The normalized spacial score (nSPS) is 10.2.